The molecule has 0 atom stereocenters. The van der Waals surface area contributed by atoms with Gasteiger partial charge in [-0.15, -0.1) is 0 Å². The predicted octanol–water partition coefficient (Wildman–Crippen LogP) is 4.04. The van der Waals surface area contributed by atoms with Gasteiger partial charge in [-0.1, -0.05) is 54.4 Å². The number of carbonyl (C=O) groups excluding carboxylic acids is 2. The van der Waals surface area contributed by atoms with Crippen LogP contribution in [0.3, 0.4) is 0 Å². The molecule has 0 aliphatic heterocycles. The molecule has 0 aromatic heterocycles. The van der Waals surface area contributed by atoms with E-state index in [0.717, 1.165) is 58.0 Å². The van der Waals surface area contributed by atoms with Crippen molar-refractivity contribution in [2.75, 3.05) is 13.1 Å². The number of hydrogen-bond acceptors (Lipinski definition) is 2. The molecule has 0 aliphatic rings. The van der Waals surface area contributed by atoms with Crippen LogP contribution in [0.1, 0.15) is 86.5 Å². The first-order valence-electron chi connectivity index (χ1n) is 9.30. The fourth-order valence-electron chi connectivity index (χ4n) is 2.19. The first kappa shape index (κ1) is 21.9. The lowest BCUT2D eigenvalue weighted by Gasteiger charge is -2.25. The van der Waals surface area contributed by atoms with E-state index in [4.69, 9.17) is 0 Å². The van der Waals surface area contributed by atoms with Crippen molar-refractivity contribution in [3.05, 3.63) is 0 Å². The van der Waals surface area contributed by atoms with Gasteiger partial charge in [-0.3, -0.25) is 9.59 Å². The van der Waals surface area contributed by atoms with Crippen molar-refractivity contribution in [3.8, 4) is 0 Å². The maximum absolute atomic E-state index is 12.1. The number of rotatable bonds is 12. The monoisotopic (exact) mass is 326 g/mol. The van der Waals surface area contributed by atoms with Gasteiger partial charge in [0.2, 0.25) is 11.8 Å². The second-order valence-corrected chi connectivity index (χ2v) is 7.43. The summed E-state index contributed by atoms with van der Waals surface area (Å²) in [6.07, 6.45) is 6.79. The van der Waals surface area contributed by atoms with Crippen LogP contribution in [0.25, 0.3) is 0 Å². The van der Waals surface area contributed by atoms with E-state index in [9.17, 15) is 9.59 Å². The van der Waals surface area contributed by atoms with Crippen molar-refractivity contribution in [3.63, 3.8) is 0 Å². The molecule has 0 fully saturated rings. The molecule has 0 radical (unpaired) electrons. The lowest BCUT2D eigenvalue weighted by molar-refractivity contribution is -0.130. The first-order chi connectivity index (χ1) is 10.7. The molecule has 0 rings (SSSR count). The molecule has 0 unspecified atom stereocenters. The van der Waals surface area contributed by atoms with E-state index in [1.807, 2.05) is 27.7 Å². The van der Waals surface area contributed by atoms with Crippen LogP contribution in [-0.2, 0) is 9.59 Å². The highest BCUT2D eigenvalue weighted by Crippen LogP contribution is 2.25. The average molecular weight is 327 g/mol. The molecule has 0 saturated carbocycles. The number of nitrogens with one attached hydrogen (secondary N) is 2. The molecule has 0 heterocycles. The summed E-state index contributed by atoms with van der Waals surface area (Å²) in [4.78, 5) is 24.0. The highest BCUT2D eigenvalue weighted by Gasteiger charge is 2.28. The van der Waals surface area contributed by atoms with E-state index < -0.39 is 0 Å². The Balaban J connectivity index is 3.68. The minimum absolute atomic E-state index is 0.144. The molecular weight excluding hydrogens is 288 g/mol. The molecule has 2 N–H and O–H groups in total. The Hall–Kier alpha value is -1.06. The molecule has 136 valence electrons. The van der Waals surface area contributed by atoms with Gasteiger partial charge in [-0.2, -0.15) is 0 Å². The minimum atomic E-state index is -0.268. The van der Waals surface area contributed by atoms with E-state index in [0.29, 0.717) is 0 Å². The highest BCUT2D eigenvalue weighted by molar-refractivity contribution is 5.82. The smallest absolute Gasteiger partial charge is 0.225 e. The third kappa shape index (κ3) is 7.85. The second kappa shape index (κ2) is 10.7. The Kier molecular flexibility index (Phi) is 10.2. The zero-order valence-electron chi connectivity index (χ0n) is 16.2. The summed E-state index contributed by atoms with van der Waals surface area (Å²) in [6, 6.07) is 0. The van der Waals surface area contributed by atoms with Gasteiger partial charge in [0, 0.05) is 23.9 Å². The fourth-order valence-corrected chi connectivity index (χ4v) is 2.19. The molecule has 0 aromatic carbocycles. The normalized spacial score (nSPS) is 12.1. The number of amides is 2. The lowest BCUT2D eigenvalue weighted by Crippen LogP contribution is -2.38. The second-order valence-electron chi connectivity index (χ2n) is 7.43. The Morgan fingerprint density at radius 2 is 1.13 bits per heavy atom. The van der Waals surface area contributed by atoms with Crippen molar-refractivity contribution in [2.45, 2.75) is 86.5 Å². The molecule has 0 aromatic rings. The maximum Gasteiger partial charge on any atom is 0.225 e. The van der Waals surface area contributed by atoms with Crippen LogP contribution in [-0.4, -0.2) is 24.9 Å². The van der Waals surface area contributed by atoms with E-state index in [-0.39, 0.29) is 22.6 Å². The number of hydrogen-bond donors (Lipinski definition) is 2. The van der Waals surface area contributed by atoms with Gasteiger partial charge in [-0.05, 0) is 32.1 Å². The summed E-state index contributed by atoms with van der Waals surface area (Å²) in [5, 5.41) is 6.06. The first-order valence-corrected chi connectivity index (χ1v) is 9.30. The molecule has 2 amide bonds. The maximum atomic E-state index is 12.1. The van der Waals surface area contributed by atoms with Gasteiger partial charge >= 0.3 is 0 Å². The topological polar surface area (TPSA) is 58.2 Å². The Morgan fingerprint density at radius 1 is 0.696 bits per heavy atom. The van der Waals surface area contributed by atoms with Gasteiger partial charge in [0.05, 0.1) is 0 Å². The van der Waals surface area contributed by atoms with Gasteiger partial charge in [0.25, 0.3) is 0 Å². The van der Waals surface area contributed by atoms with Crippen LogP contribution in [0, 0.1) is 10.8 Å². The predicted molar refractivity (Wildman–Crippen MR) is 97.2 cm³/mol. The number of carbonyl (C=O) groups is 2. The Morgan fingerprint density at radius 3 is 1.52 bits per heavy atom. The Bertz CT molecular complexity index is 360. The van der Waals surface area contributed by atoms with Crippen LogP contribution < -0.4 is 10.6 Å². The van der Waals surface area contributed by atoms with Crippen molar-refractivity contribution in [1.29, 1.82) is 0 Å². The fraction of sp³-hybridized carbons (Fsp3) is 0.895. The average Bonchev–Trinajstić information content (AvgIpc) is 2.55. The van der Waals surface area contributed by atoms with E-state index in [1.165, 1.54) is 0 Å². The largest absolute Gasteiger partial charge is 0.356 e. The third-order valence-corrected chi connectivity index (χ3v) is 5.28. The molecule has 0 bridgehead atoms. The van der Waals surface area contributed by atoms with Crippen LogP contribution >= 0.6 is 0 Å². The van der Waals surface area contributed by atoms with Crippen molar-refractivity contribution in [2.24, 2.45) is 10.8 Å². The molecule has 0 spiro atoms. The molecule has 23 heavy (non-hydrogen) atoms. The molecular formula is C19H38N2O2. The standard InChI is InChI=1S/C19H38N2O2/c1-7-18(4,5)16(22)20-14-12-10-11-13-15-21-17(23)19(6,8-2)9-3/h7-15H2,1-6H3,(H,20,22)(H,21,23). The van der Waals surface area contributed by atoms with Crippen LogP contribution in [0.2, 0.25) is 0 Å². The summed E-state index contributed by atoms with van der Waals surface area (Å²) in [7, 11) is 0. The molecule has 0 saturated heterocycles. The van der Waals surface area contributed by atoms with Crippen molar-refractivity contribution >= 4 is 11.8 Å². The zero-order chi connectivity index (χ0) is 17.9. The third-order valence-electron chi connectivity index (χ3n) is 5.28. The Labute approximate surface area is 143 Å². The SMILES string of the molecule is CCC(C)(C)C(=O)NCCCCCCNC(=O)C(C)(CC)CC. The van der Waals surface area contributed by atoms with Crippen molar-refractivity contribution < 1.29 is 9.59 Å². The summed E-state index contributed by atoms with van der Waals surface area (Å²) in [5.41, 5.74) is -0.494. The van der Waals surface area contributed by atoms with Gasteiger partial charge < -0.3 is 10.6 Å². The summed E-state index contributed by atoms with van der Waals surface area (Å²) >= 11 is 0. The number of unbranched alkanes of at least 4 members (excludes halogenated alkanes) is 3. The van der Waals surface area contributed by atoms with E-state index in [2.05, 4.69) is 24.5 Å². The zero-order valence-corrected chi connectivity index (χ0v) is 16.2. The summed E-state index contributed by atoms with van der Waals surface area (Å²) in [6.45, 7) is 13.7. The van der Waals surface area contributed by atoms with Gasteiger partial charge in [-0.25, -0.2) is 0 Å². The lowest BCUT2D eigenvalue weighted by atomic mass is 9.84. The molecule has 4 heteroatoms. The summed E-state index contributed by atoms with van der Waals surface area (Å²) < 4.78 is 0. The summed E-state index contributed by atoms with van der Waals surface area (Å²) in [5.74, 6) is 0.322. The molecule has 0 aliphatic carbocycles. The van der Waals surface area contributed by atoms with E-state index in [1.54, 1.807) is 0 Å². The van der Waals surface area contributed by atoms with E-state index >= 15 is 0 Å². The highest BCUT2D eigenvalue weighted by atomic mass is 16.2. The van der Waals surface area contributed by atoms with Crippen LogP contribution in [0.5, 0.6) is 0 Å². The van der Waals surface area contributed by atoms with Gasteiger partial charge in [0.1, 0.15) is 0 Å². The van der Waals surface area contributed by atoms with Crippen molar-refractivity contribution in [1.82, 2.24) is 10.6 Å². The van der Waals surface area contributed by atoms with Crippen LogP contribution in [0.15, 0.2) is 0 Å². The quantitative estimate of drug-likeness (QED) is 0.532. The minimum Gasteiger partial charge on any atom is -0.356 e. The van der Waals surface area contributed by atoms with Crippen LogP contribution in [0.4, 0.5) is 0 Å². The van der Waals surface area contributed by atoms with Gasteiger partial charge in [0.15, 0.2) is 0 Å². The molecule has 4 nitrogen and oxygen atoms in total.